The molecule has 1 aromatic carbocycles. The number of aliphatic hydroxyl groups excluding tert-OH is 2. The summed E-state index contributed by atoms with van der Waals surface area (Å²) < 4.78 is 0. The van der Waals surface area contributed by atoms with Gasteiger partial charge >= 0.3 is 39.0 Å². The molecule has 1 rings (SSSR count). The number of benzene rings is 1. The maximum Gasteiger partial charge on any atom is 2.00 e. The molecule has 6 heteroatoms. The van der Waals surface area contributed by atoms with Crippen molar-refractivity contribution < 1.29 is 59.4 Å². The van der Waals surface area contributed by atoms with Gasteiger partial charge in [0.2, 0.25) is 0 Å². The van der Waals surface area contributed by atoms with Crippen molar-refractivity contribution in [2.24, 2.45) is 10.8 Å². The van der Waals surface area contributed by atoms with Crippen LogP contribution in [0.2, 0.25) is 0 Å². The number of hydrogen-bond donors (Lipinski definition) is 4. The fourth-order valence-electron chi connectivity index (χ4n) is 2.08. The molecule has 0 heterocycles. The van der Waals surface area contributed by atoms with E-state index in [1.165, 1.54) is 0 Å². The molecule has 0 spiro atoms. The molecule has 0 saturated carbocycles. The molecule has 0 atom stereocenters. The summed E-state index contributed by atoms with van der Waals surface area (Å²) in [5, 5.41) is 37.4. The Hall–Kier alpha value is 0.307. The van der Waals surface area contributed by atoms with Crippen molar-refractivity contribution in [1.82, 2.24) is 0 Å². The third-order valence-electron chi connectivity index (χ3n) is 3.71. The van der Waals surface area contributed by atoms with Gasteiger partial charge in [0, 0.05) is 10.8 Å². The van der Waals surface area contributed by atoms with E-state index in [-0.39, 0.29) is 68.7 Å². The van der Waals surface area contributed by atoms with Gasteiger partial charge in [0.25, 0.3) is 0 Å². The van der Waals surface area contributed by atoms with Crippen LogP contribution in [-0.4, -0.2) is 33.0 Å². The molecule has 0 saturated heterocycles. The topological polar surface area (TPSA) is 80.9 Å². The first-order chi connectivity index (χ1) is 9.04. The monoisotopic (exact) mass is 548 g/mol. The first-order valence-electron chi connectivity index (χ1n) is 6.85. The summed E-state index contributed by atoms with van der Waals surface area (Å²) in [4.78, 5) is 0. The van der Waals surface area contributed by atoms with Crippen LogP contribution in [0.1, 0.15) is 38.8 Å². The zero-order valence-corrected chi connectivity index (χ0v) is 20.6. The third-order valence-corrected chi connectivity index (χ3v) is 3.71. The Morgan fingerprint density at radius 1 is 0.692 bits per heavy atom. The van der Waals surface area contributed by atoms with Crippen molar-refractivity contribution >= 4 is 0 Å². The second-order valence-corrected chi connectivity index (χ2v) is 6.90. The first-order valence-corrected chi connectivity index (χ1v) is 6.85. The Morgan fingerprint density at radius 2 is 0.962 bits per heavy atom. The van der Waals surface area contributed by atoms with E-state index in [1.807, 2.05) is 24.3 Å². The predicted molar refractivity (Wildman–Crippen MR) is 104 cm³/mol. The smallest absolute Gasteiger partial charge is 0.368 e. The van der Waals surface area contributed by atoms with Gasteiger partial charge in [0.15, 0.2) is 12.6 Å². The van der Waals surface area contributed by atoms with Crippen molar-refractivity contribution in [3.05, 3.63) is 65.1 Å². The minimum Gasteiger partial charge on any atom is -0.368 e. The second-order valence-electron chi connectivity index (χ2n) is 6.90. The summed E-state index contributed by atoms with van der Waals surface area (Å²) in [5.74, 6) is 0. The quantitative estimate of drug-likeness (QED) is 0.250. The normalized spacial score (nSPS) is 10.2. The van der Waals surface area contributed by atoms with Gasteiger partial charge in [-0.2, -0.15) is 0 Å². The molecule has 0 aliphatic carbocycles. The molecule has 0 aliphatic rings. The van der Waals surface area contributed by atoms with Gasteiger partial charge < -0.3 is 50.1 Å². The second kappa shape index (κ2) is 16.3. The zero-order chi connectivity index (χ0) is 15.6. The van der Waals surface area contributed by atoms with Gasteiger partial charge in [-0.05, 0) is 24.0 Å². The molecule has 26 heavy (non-hydrogen) atoms. The first kappa shape index (κ1) is 40.9. The van der Waals surface area contributed by atoms with E-state index < -0.39 is 23.4 Å². The SMILES string of the molecule is CC(C)(Cc1cccc(CC(C)(C)C(O)O)c1)C(O)O.[CH3-].[CH3-].[CH3-].[CH3-].[Rh+2].[Rh+2]. The van der Waals surface area contributed by atoms with Gasteiger partial charge in [0.05, 0.1) is 0 Å². The van der Waals surface area contributed by atoms with Crippen LogP contribution in [0.15, 0.2) is 24.3 Å². The van der Waals surface area contributed by atoms with Gasteiger partial charge in [-0.1, -0.05) is 52.0 Å². The average Bonchev–Trinajstić information content (AvgIpc) is 2.27. The maximum atomic E-state index is 9.36. The summed E-state index contributed by atoms with van der Waals surface area (Å²) in [6, 6.07) is 7.77. The van der Waals surface area contributed by atoms with Crippen LogP contribution in [0.4, 0.5) is 0 Å². The Balaban J connectivity index is -0.000000167. The Labute approximate surface area is 188 Å². The van der Waals surface area contributed by atoms with Crippen LogP contribution < -0.4 is 0 Å². The predicted octanol–water partition coefficient (Wildman–Crippen LogP) is 3.24. The van der Waals surface area contributed by atoms with Crippen molar-refractivity contribution in [2.45, 2.75) is 53.1 Å². The fraction of sp³-hybridized carbons (Fsp3) is 0.500. The van der Waals surface area contributed by atoms with E-state index in [2.05, 4.69) is 0 Å². The van der Waals surface area contributed by atoms with E-state index in [0.717, 1.165) is 11.1 Å². The van der Waals surface area contributed by atoms with Crippen molar-refractivity contribution in [1.29, 1.82) is 0 Å². The Bertz CT molecular complexity index is 410. The van der Waals surface area contributed by atoms with Crippen LogP contribution >= 0.6 is 0 Å². The largest absolute Gasteiger partial charge is 2.00 e. The van der Waals surface area contributed by atoms with E-state index in [9.17, 15) is 20.4 Å². The molecule has 0 aliphatic heterocycles. The van der Waals surface area contributed by atoms with Crippen LogP contribution in [0.5, 0.6) is 0 Å². The van der Waals surface area contributed by atoms with Gasteiger partial charge in [-0.25, -0.2) is 0 Å². The molecular formula is C20H38O4Rh2. The van der Waals surface area contributed by atoms with Crippen molar-refractivity contribution in [3.63, 3.8) is 0 Å². The number of aliphatic hydroxyl groups is 4. The zero-order valence-electron chi connectivity index (χ0n) is 17.3. The van der Waals surface area contributed by atoms with Crippen molar-refractivity contribution in [2.75, 3.05) is 0 Å². The van der Waals surface area contributed by atoms with Crippen LogP contribution in [0.3, 0.4) is 0 Å². The Morgan fingerprint density at radius 3 is 1.19 bits per heavy atom. The number of rotatable bonds is 6. The van der Waals surface area contributed by atoms with Gasteiger partial charge in [-0.3, -0.25) is 0 Å². The maximum absolute atomic E-state index is 9.36. The van der Waals surface area contributed by atoms with Gasteiger partial charge in [-0.15, -0.1) is 0 Å². The van der Waals surface area contributed by atoms with E-state index >= 15 is 0 Å². The molecule has 0 unspecified atom stereocenters. The Kier molecular flexibility index (Phi) is 25.6. The van der Waals surface area contributed by atoms with E-state index in [0.29, 0.717) is 12.8 Å². The molecule has 160 valence electrons. The molecule has 1 aromatic rings. The van der Waals surface area contributed by atoms with E-state index in [4.69, 9.17) is 0 Å². The molecule has 0 aromatic heterocycles. The number of hydrogen-bond acceptors (Lipinski definition) is 4. The molecule has 0 bridgehead atoms. The van der Waals surface area contributed by atoms with Crippen molar-refractivity contribution in [3.8, 4) is 0 Å². The molecule has 2 radical (unpaired) electrons. The summed E-state index contributed by atoms with van der Waals surface area (Å²) in [6.07, 6.45) is -1.66. The minimum atomic E-state index is -1.37. The summed E-state index contributed by atoms with van der Waals surface area (Å²) >= 11 is 0. The molecule has 0 amide bonds. The third kappa shape index (κ3) is 12.7. The summed E-state index contributed by atoms with van der Waals surface area (Å²) in [5.41, 5.74) is 0.766. The van der Waals surface area contributed by atoms with Gasteiger partial charge in [0.1, 0.15) is 0 Å². The molecular weight excluding hydrogens is 510 g/mol. The minimum absolute atomic E-state index is 0. The summed E-state index contributed by atoms with van der Waals surface area (Å²) in [6.45, 7) is 7.19. The van der Waals surface area contributed by atoms with E-state index in [1.54, 1.807) is 27.7 Å². The molecule has 4 N–H and O–H groups in total. The van der Waals surface area contributed by atoms with Crippen LogP contribution in [0.25, 0.3) is 0 Å². The molecule has 0 fully saturated rings. The molecule has 4 nitrogen and oxygen atoms in total. The average molecular weight is 548 g/mol. The van der Waals surface area contributed by atoms with Crippen LogP contribution in [0, 0.1) is 40.5 Å². The standard InChI is InChI=1S/C16H26O4.4CH3.2Rh/c1-15(2,13(17)18)9-11-6-5-7-12(8-11)10-16(3,4)14(19)20;;;;;;/h5-8,13-14,17-20H,9-10H2,1-4H3;4*1H3;;/q;4*-1;2*+2. The van der Waals surface area contributed by atoms with Crippen LogP contribution in [-0.2, 0) is 51.8 Å². The summed E-state index contributed by atoms with van der Waals surface area (Å²) in [7, 11) is 0. The fourth-order valence-corrected chi connectivity index (χ4v) is 2.08.